The zero-order valence-corrected chi connectivity index (χ0v) is 7.99. The molecule has 0 N–H and O–H groups in total. The van der Waals surface area contributed by atoms with Crippen LogP contribution in [0.25, 0.3) is 0 Å². The first-order valence-corrected chi connectivity index (χ1v) is 5.51. The predicted molar refractivity (Wildman–Crippen MR) is 49.0 cm³/mol. The van der Waals surface area contributed by atoms with Gasteiger partial charge in [0.15, 0.2) is 0 Å². The largest absolute Gasteiger partial charge is 0.149 e. The van der Waals surface area contributed by atoms with E-state index >= 15 is 0 Å². The third-order valence-corrected chi connectivity index (χ3v) is 3.87. The Labute approximate surface area is 73.4 Å². The van der Waals surface area contributed by atoms with Crippen molar-refractivity contribution in [2.24, 2.45) is 5.92 Å². The van der Waals surface area contributed by atoms with E-state index in [1.807, 2.05) is 11.3 Å². The fraction of sp³-hybridized carbons (Fsp3) is 0.500. The van der Waals surface area contributed by atoms with Crippen molar-refractivity contribution in [3.63, 3.8) is 0 Å². The molecule has 2 atom stereocenters. The first-order valence-electron chi connectivity index (χ1n) is 3.51. The van der Waals surface area contributed by atoms with Gasteiger partial charge in [-0.25, -0.2) is 0 Å². The Kier molecular flexibility index (Phi) is 1.83. The van der Waals surface area contributed by atoms with Crippen LogP contribution < -0.4 is 0 Å². The first-order chi connectivity index (χ1) is 4.92. The molecule has 2 heteroatoms. The molecule has 2 unspecified atom stereocenters. The van der Waals surface area contributed by atoms with E-state index in [9.17, 15) is 0 Å². The maximum atomic E-state index is 3.51. The van der Waals surface area contributed by atoms with Crippen molar-refractivity contribution in [2.75, 3.05) is 5.33 Å². The Morgan fingerprint density at radius 2 is 2.60 bits per heavy atom. The van der Waals surface area contributed by atoms with Gasteiger partial charge in [0.25, 0.3) is 0 Å². The second-order valence-corrected chi connectivity index (χ2v) is 4.40. The fourth-order valence-electron chi connectivity index (χ4n) is 1.27. The van der Waals surface area contributed by atoms with Gasteiger partial charge in [-0.2, -0.15) is 0 Å². The van der Waals surface area contributed by atoms with Crippen LogP contribution in [0.3, 0.4) is 0 Å². The molecule has 1 aromatic rings. The number of thiophene rings is 1. The molecule has 1 saturated carbocycles. The molecule has 2 rings (SSSR count). The molecule has 0 amide bonds. The van der Waals surface area contributed by atoms with Gasteiger partial charge in [0.1, 0.15) is 0 Å². The van der Waals surface area contributed by atoms with Gasteiger partial charge in [0.2, 0.25) is 0 Å². The molecular formula is C8H9BrS. The first kappa shape index (κ1) is 6.86. The number of halogens is 1. The van der Waals surface area contributed by atoms with Crippen molar-refractivity contribution in [2.45, 2.75) is 12.3 Å². The molecule has 1 heterocycles. The summed E-state index contributed by atoms with van der Waals surface area (Å²) in [5.74, 6) is 1.82. The highest BCUT2D eigenvalue weighted by Gasteiger charge is 2.37. The lowest BCUT2D eigenvalue weighted by Crippen LogP contribution is -1.78. The normalized spacial score (nSPS) is 30.5. The van der Waals surface area contributed by atoms with Crippen LogP contribution in [0.2, 0.25) is 0 Å². The van der Waals surface area contributed by atoms with Crippen molar-refractivity contribution in [3.8, 4) is 0 Å². The molecule has 0 nitrogen and oxygen atoms in total. The van der Waals surface area contributed by atoms with E-state index in [0.717, 1.165) is 11.8 Å². The molecule has 1 fully saturated rings. The summed E-state index contributed by atoms with van der Waals surface area (Å²) in [5.41, 5.74) is 0. The van der Waals surface area contributed by atoms with Crippen LogP contribution >= 0.6 is 27.3 Å². The number of hydrogen-bond acceptors (Lipinski definition) is 1. The molecule has 1 aromatic heterocycles. The summed E-state index contributed by atoms with van der Waals surface area (Å²) in [4.78, 5) is 1.57. The maximum absolute atomic E-state index is 3.51. The highest BCUT2D eigenvalue weighted by molar-refractivity contribution is 9.09. The van der Waals surface area contributed by atoms with Gasteiger partial charge < -0.3 is 0 Å². The molecule has 0 bridgehead atoms. The predicted octanol–water partition coefficient (Wildman–Crippen LogP) is 3.25. The van der Waals surface area contributed by atoms with E-state index in [1.54, 1.807) is 4.88 Å². The molecule has 54 valence electrons. The lowest BCUT2D eigenvalue weighted by atomic mass is 10.3. The van der Waals surface area contributed by atoms with E-state index < -0.39 is 0 Å². The molecule has 0 aromatic carbocycles. The lowest BCUT2D eigenvalue weighted by molar-refractivity contribution is 0.950. The van der Waals surface area contributed by atoms with Gasteiger partial charge in [-0.05, 0) is 29.7 Å². The molecule has 0 spiro atoms. The van der Waals surface area contributed by atoms with E-state index in [-0.39, 0.29) is 0 Å². The van der Waals surface area contributed by atoms with Gasteiger partial charge in [-0.1, -0.05) is 22.0 Å². The van der Waals surface area contributed by atoms with Gasteiger partial charge in [0.05, 0.1) is 0 Å². The van der Waals surface area contributed by atoms with Crippen LogP contribution in [-0.4, -0.2) is 5.33 Å². The van der Waals surface area contributed by atoms with E-state index in [0.29, 0.717) is 0 Å². The Morgan fingerprint density at radius 1 is 1.70 bits per heavy atom. The summed E-state index contributed by atoms with van der Waals surface area (Å²) in [6.07, 6.45) is 1.39. The van der Waals surface area contributed by atoms with Crippen molar-refractivity contribution >= 4 is 27.3 Å². The van der Waals surface area contributed by atoms with Crippen LogP contribution in [0.1, 0.15) is 17.2 Å². The second kappa shape index (κ2) is 2.67. The van der Waals surface area contributed by atoms with Crippen molar-refractivity contribution < 1.29 is 0 Å². The number of hydrogen-bond donors (Lipinski definition) is 0. The number of alkyl halides is 1. The van der Waals surface area contributed by atoms with Crippen molar-refractivity contribution in [1.29, 1.82) is 0 Å². The summed E-state index contributed by atoms with van der Waals surface area (Å²) in [6.45, 7) is 0. The Hall–Kier alpha value is 0.180. The second-order valence-electron chi connectivity index (χ2n) is 2.77. The van der Waals surface area contributed by atoms with Gasteiger partial charge in [-0.3, -0.25) is 0 Å². The van der Waals surface area contributed by atoms with Crippen LogP contribution in [0, 0.1) is 5.92 Å². The minimum absolute atomic E-state index is 0.888. The van der Waals surface area contributed by atoms with E-state index in [2.05, 4.69) is 33.4 Å². The highest BCUT2D eigenvalue weighted by Crippen LogP contribution is 2.49. The van der Waals surface area contributed by atoms with Crippen LogP contribution in [0.4, 0.5) is 0 Å². The number of rotatable bonds is 2. The smallest absolute Gasteiger partial charge is 0.00793 e. The molecule has 0 saturated heterocycles. The van der Waals surface area contributed by atoms with Crippen molar-refractivity contribution in [3.05, 3.63) is 22.4 Å². The average Bonchev–Trinajstić information content (AvgIpc) is 2.56. The van der Waals surface area contributed by atoms with Crippen LogP contribution in [0.15, 0.2) is 17.5 Å². The Morgan fingerprint density at radius 3 is 3.10 bits per heavy atom. The standard InChI is InChI=1S/C8H9BrS/c9-5-6-4-7(6)8-2-1-3-10-8/h1-3,6-7H,4-5H2. The topological polar surface area (TPSA) is 0 Å². The van der Waals surface area contributed by atoms with Gasteiger partial charge in [-0.15, -0.1) is 11.3 Å². The zero-order valence-electron chi connectivity index (χ0n) is 5.59. The third-order valence-electron chi connectivity index (χ3n) is 2.03. The van der Waals surface area contributed by atoms with Crippen LogP contribution in [0.5, 0.6) is 0 Å². The lowest BCUT2D eigenvalue weighted by Gasteiger charge is -1.89. The Balaban J connectivity index is 2.05. The molecule has 10 heavy (non-hydrogen) atoms. The van der Waals surface area contributed by atoms with E-state index in [1.165, 1.54) is 11.8 Å². The SMILES string of the molecule is BrCC1CC1c1cccs1. The summed E-state index contributed by atoms with van der Waals surface area (Å²) in [7, 11) is 0. The molecule has 0 radical (unpaired) electrons. The van der Waals surface area contributed by atoms with Crippen molar-refractivity contribution in [1.82, 2.24) is 0 Å². The average molecular weight is 217 g/mol. The molecule has 1 aliphatic rings. The third kappa shape index (κ3) is 1.15. The Bertz CT molecular complexity index is 205. The summed E-state index contributed by atoms with van der Waals surface area (Å²) in [6, 6.07) is 4.39. The van der Waals surface area contributed by atoms with Crippen LogP contribution in [-0.2, 0) is 0 Å². The fourth-order valence-corrected chi connectivity index (χ4v) is 2.92. The van der Waals surface area contributed by atoms with Gasteiger partial charge in [0, 0.05) is 10.2 Å². The highest BCUT2D eigenvalue weighted by atomic mass is 79.9. The summed E-state index contributed by atoms with van der Waals surface area (Å²) < 4.78 is 0. The maximum Gasteiger partial charge on any atom is 0.00793 e. The monoisotopic (exact) mass is 216 g/mol. The van der Waals surface area contributed by atoms with E-state index in [4.69, 9.17) is 0 Å². The summed E-state index contributed by atoms with van der Waals surface area (Å²) in [5, 5.41) is 3.34. The zero-order chi connectivity index (χ0) is 6.97. The molecule has 0 aliphatic heterocycles. The van der Waals surface area contributed by atoms with Gasteiger partial charge >= 0.3 is 0 Å². The minimum atomic E-state index is 0.888. The minimum Gasteiger partial charge on any atom is -0.149 e. The molecular weight excluding hydrogens is 208 g/mol. The quantitative estimate of drug-likeness (QED) is 0.667. The summed E-state index contributed by atoms with van der Waals surface area (Å²) >= 11 is 5.40. The molecule has 1 aliphatic carbocycles.